The quantitative estimate of drug-likeness (QED) is 0.857. The summed E-state index contributed by atoms with van der Waals surface area (Å²) in [7, 11) is 0. The zero-order chi connectivity index (χ0) is 16.9. The molecule has 4 saturated carbocycles. The number of thiazole rings is 1. The van der Waals surface area contributed by atoms with Gasteiger partial charge >= 0.3 is 0 Å². The first-order valence-electron chi connectivity index (χ1n) is 9.86. The predicted octanol–water partition coefficient (Wildman–Crippen LogP) is 1.71. The van der Waals surface area contributed by atoms with Crippen LogP contribution in [0.4, 0.5) is 5.13 Å². The van der Waals surface area contributed by atoms with E-state index in [-0.39, 0.29) is 11.3 Å². The molecule has 1 aromatic heterocycles. The van der Waals surface area contributed by atoms with Crippen molar-refractivity contribution in [1.29, 1.82) is 0 Å². The first-order valence-corrected chi connectivity index (χ1v) is 10.7. The molecule has 25 heavy (non-hydrogen) atoms. The lowest BCUT2D eigenvalue weighted by Crippen LogP contribution is -3.12. The van der Waals surface area contributed by atoms with Gasteiger partial charge in [-0.1, -0.05) is 11.3 Å². The Labute approximate surface area is 153 Å². The lowest BCUT2D eigenvalue weighted by atomic mass is 9.49. The molecule has 1 saturated heterocycles. The van der Waals surface area contributed by atoms with E-state index in [2.05, 4.69) is 10.3 Å². The topological polar surface area (TPSA) is 55.7 Å². The predicted molar refractivity (Wildman–Crippen MR) is 96.6 cm³/mol. The lowest BCUT2D eigenvalue weighted by Gasteiger charge is -2.55. The van der Waals surface area contributed by atoms with Gasteiger partial charge in [0.25, 0.3) is 0 Å². The van der Waals surface area contributed by atoms with Crippen molar-refractivity contribution in [3.63, 3.8) is 0 Å². The van der Waals surface area contributed by atoms with Crippen molar-refractivity contribution in [2.75, 3.05) is 31.6 Å². The molecule has 5 nitrogen and oxygen atoms in total. The Hall–Kier alpha value is -0.980. The zero-order valence-corrected chi connectivity index (χ0v) is 15.6. The van der Waals surface area contributed by atoms with Gasteiger partial charge in [-0.15, -0.1) is 0 Å². The summed E-state index contributed by atoms with van der Waals surface area (Å²) in [6, 6.07) is 0. The van der Waals surface area contributed by atoms with Crippen LogP contribution in [0.2, 0.25) is 0 Å². The molecule has 5 aliphatic rings. The third-order valence-electron chi connectivity index (χ3n) is 6.92. The van der Waals surface area contributed by atoms with Gasteiger partial charge in [-0.05, 0) is 56.3 Å². The van der Waals surface area contributed by atoms with Crippen LogP contribution in [-0.2, 0) is 16.1 Å². The number of nitrogens with zero attached hydrogens (tertiary/aromatic N) is 1. The van der Waals surface area contributed by atoms with Gasteiger partial charge in [0.15, 0.2) is 5.13 Å². The standard InChI is InChI=1S/C19H27N3O2S/c23-17(19-8-13-5-14(9-19)7-15(6-13)10-19)21-18-20-11-16(25-18)12-22-1-3-24-4-2-22/h11,13-15H,1-10,12H2,(H,20,21,23)/p+1. The molecule has 1 aromatic rings. The second-order valence-electron chi connectivity index (χ2n) is 8.82. The molecule has 6 rings (SSSR count). The van der Waals surface area contributed by atoms with Crippen molar-refractivity contribution < 1.29 is 14.4 Å². The van der Waals surface area contributed by atoms with Crippen LogP contribution in [0.1, 0.15) is 43.4 Å². The average Bonchev–Trinajstić information content (AvgIpc) is 3.01. The number of nitrogens with one attached hydrogen (secondary N) is 2. The van der Waals surface area contributed by atoms with Crippen LogP contribution in [0.15, 0.2) is 6.20 Å². The highest BCUT2D eigenvalue weighted by Gasteiger charge is 2.54. The Bertz CT molecular complexity index is 618. The van der Waals surface area contributed by atoms with Gasteiger partial charge in [0.2, 0.25) is 5.91 Å². The Morgan fingerprint density at radius 1 is 1.20 bits per heavy atom. The van der Waals surface area contributed by atoms with Gasteiger partial charge < -0.3 is 15.0 Å². The van der Waals surface area contributed by atoms with E-state index in [1.165, 1.54) is 24.1 Å². The van der Waals surface area contributed by atoms with Crippen LogP contribution < -0.4 is 10.2 Å². The molecule has 0 unspecified atom stereocenters. The summed E-state index contributed by atoms with van der Waals surface area (Å²) in [5.74, 6) is 2.66. The van der Waals surface area contributed by atoms with Crippen LogP contribution in [0.3, 0.4) is 0 Å². The van der Waals surface area contributed by atoms with Crippen molar-refractivity contribution in [3.8, 4) is 0 Å². The van der Waals surface area contributed by atoms with Gasteiger partial charge in [-0.3, -0.25) is 4.79 Å². The largest absolute Gasteiger partial charge is 0.370 e. The number of carbonyl (C=O) groups excluding carboxylic acids is 1. The minimum absolute atomic E-state index is 0.0873. The maximum Gasteiger partial charge on any atom is 0.232 e. The monoisotopic (exact) mass is 362 g/mol. The lowest BCUT2D eigenvalue weighted by molar-refractivity contribution is -0.921. The molecule has 5 fully saturated rings. The van der Waals surface area contributed by atoms with Gasteiger partial charge in [0.1, 0.15) is 19.6 Å². The molecule has 6 heteroatoms. The minimum atomic E-state index is -0.0873. The van der Waals surface area contributed by atoms with Crippen molar-refractivity contribution in [1.82, 2.24) is 4.98 Å². The molecule has 2 N–H and O–H groups in total. The molecule has 4 bridgehead atoms. The fourth-order valence-corrected chi connectivity index (χ4v) is 7.03. The number of hydrogen-bond donors (Lipinski definition) is 2. The number of carbonyl (C=O) groups is 1. The molecule has 2 heterocycles. The summed E-state index contributed by atoms with van der Waals surface area (Å²) < 4.78 is 5.42. The number of morpholine rings is 1. The van der Waals surface area contributed by atoms with Crippen molar-refractivity contribution >= 4 is 22.4 Å². The van der Waals surface area contributed by atoms with Crippen molar-refractivity contribution in [3.05, 3.63) is 11.1 Å². The third kappa shape index (κ3) is 3.13. The van der Waals surface area contributed by atoms with Gasteiger partial charge in [0.05, 0.1) is 23.5 Å². The molecule has 1 amide bonds. The van der Waals surface area contributed by atoms with Crippen LogP contribution in [0.25, 0.3) is 0 Å². The highest BCUT2D eigenvalue weighted by molar-refractivity contribution is 7.15. The summed E-state index contributed by atoms with van der Waals surface area (Å²) >= 11 is 1.65. The molecule has 1 aliphatic heterocycles. The molecule has 4 aliphatic carbocycles. The van der Waals surface area contributed by atoms with Gasteiger partial charge in [0, 0.05) is 6.20 Å². The molecule has 0 spiro atoms. The number of hydrogen-bond acceptors (Lipinski definition) is 4. The Morgan fingerprint density at radius 2 is 1.84 bits per heavy atom. The number of rotatable bonds is 4. The van der Waals surface area contributed by atoms with E-state index in [4.69, 9.17) is 4.74 Å². The molecule has 136 valence electrons. The summed E-state index contributed by atoms with van der Waals surface area (Å²) in [5, 5.41) is 3.99. The van der Waals surface area contributed by atoms with E-state index in [1.54, 1.807) is 16.2 Å². The highest BCUT2D eigenvalue weighted by Crippen LogP contribution is 2.60. The maximum absolute atomic E-state index is 13.1. The summed E-state index contributed by atoms with van der Waals surface area (Å²) in [5.41, 5.74) is -0.0873. The summed E-state index contributed by atoms with van der Waals surface area (Å²) in [6.45, 7) is 4.82. The summed E-state index contributed by atoms with van der Waals surface area (Å²) in [4.78, 5) is 20.4. The second kappa shape index (κ2) is 6.32. The Kier molecular flexibility index (Phi) is 4.10. The van der Waals surface area contributed by atoms with Gasteiger partial charge in [-0.25, -0.2) is 4.98 Å². The van der Waals surface area contributed by atoms with Gasteiger partial charge in [-0.2, -0.15) is 0 Å². The highest BCUT2D eigenvalue weighted by atomic mass is 32.1. The average molecular weight is 363 g/mol. The number of aromatic nitrogens is 1. The molecule has 0 atom stereocenters. The molecular weight excluding hydrogens is 334 g/mol. The fourth-order valence-electron chi connectivity index (χ4n) is 6.15. The first kappa shape index (κ1) is 16.2. The van der Waals surface area contributed by atoms with E-state index in [1.807, 2.05) is 6.20 Å². The molecular formula is C19H28N3O2S+. The van der Waals surface area contributed by atoms with Crippen LogP contribution in [-0.4, -0.2) is 37.2 Å². The number of anilines is 1. The number of quaternary nitrogens is 1. The minimum Gasteiger partial charge on any atom is -0.370 e. The SMILES string of the molecule is O=C(Nc1ncc(C[NH+]2CCOCC2)s1)C12CC3CC(CC(C3)C1)C2. The zero-order valence-electron chi connectivity index (χ0n) is 14.8. The van der Waals surface area contributed by atoms with Crippen LogP contribution >= 0.6 is 11.3 Å². The smallest absolute Gasteiger partial charge is 0.232 e. The normalized spacial score (nSPS) is 37.4. The number of amides is 1. The third-order valence-corrected chi connectivity index (χ3v) is 7.83. The molecule has 0 radical (unpaired) electrons. The van der Waals surface area contributed by atoms with E-state index < -0.39 is 0 Å². The Balaban J connectivity index is 1.24. The van der Waals surface area contributed by atoms with Crippen molar-refractivity contribution in [2.24, 2.45) is 23.2 Å². The summed E-state index contributed by atoms with van der Waals surface area (Å²) in [6.07, 6.45) is 9.40. The second-order valence-corrected chi connectivity index (χ2v) is 9.94. The van der Waals surface area contributed by atoms with E-state index in [0.717, 1.165) is 75.0 Å². The van der Waals surface area contributed by atoms with E-state index in [0.29, 0.717) is 0 Å². The van der Waals surface area contributed by atoms with Crippen LogP contribution in [0.5, 0.6) is 0 Å². The molecule has 0 aromatic carbocycles. The van der Waals surface area contributed by atoms with E-state index >= 15 is 0 Å². The van der Waals surface area contributed by atoms with Crippen LogP contribution in [0, 0.1) is 23.2 Å². The maximum atomic E-state index is 13.1. The van der Waals surface area contributed by atoms with E-state index in [9.17, 15) is 4.79 Å². The Morgan fingerprint density at radius 3 is 2.48 bits per heavy atom. The van der Waals surface area contributed by atoms with Crippen molar-refractivity contribution in [2.45, 2.75) is 45.1 Å². The number of ether oxygens (including phenoxy) is 1. The first-order chi connectivity index (χ1) is 12.2. The fraction of sp³-hybridized carbons (Fsp3) is 0.789.